The van der Waals surface area contributed by atoms with Crippen LogP contribution in [0.4, 0.5) is 5.69 Å². The molecule has 0 aliphatic heterocycles. The van der Waals surface area contributed by atoms with Gasteiger partial charge in [-0.05, 0) is 31.2 Å². The van der Waals surface area contributed by atoms with Crippen molar-refractivity contribution >= 4 is 32.5 Å². The number of nitrogens with one attached hydrogen (secondary N) is 1. The first-order chi connectivity index (χ1) is 7.70. The maximum Gasteiger partial charge on any atom is 0.0726 e. The van der Waals surface area contributed by atoms with Crippen LogP contribution in [0.25, 0.3) is 10.9 Å². The van der Waals surface area contributed by atoms with E-state index in [4.69, 9.17) is 5.73 Å². The van der Waals surface area contributed by atoms with Crippen LogP contribution in [0.5, 0.6) is 0 Å². The molecule has 0 spiro atoms. The first kappa shape index (κ1) is 11.4. The fraction of sp³-hybridized carbons (Fsp3) is 0.250. The van der Waals surface area contributed by atoms with E-state index in [0.29, 0.717) is 6.54 Å². The molecule has 0 fully saturated rings. The molecule has 0 saturated heterocycles. The molecule has 0 bridgehead atoms. The zero-order valence-electron chi connectivity index (χ0n) is 9.13. The molecule has 0 atom stereocenters. The van der Waals surface area contributed by atoms with Crippen LogP contribution in [-0.4, -0.2) is 18.1 Å². The number of anilines is 1. The largest absolute Gasteiger partial charge is 0.383 e. The van der Waals surface area contributed by atoms with Crippen LogP contribution < -0.4 is 11.1 Å². The molecule has 2 aromatic rings. The molecule has 1 aromatic carbocycles. The van der Waals surface area contributed by atoms with Crippen molar-refractivity contribution in [1.82, 2.24) is 4.98 Å². The Morgan fingerprint density at radius 2 is 2.19 bits per heavy atom. The molecular formula is C12H14BrN3. The zero-order chi connectivity index (χ0) is 11.5. The third kappa shape index (κ3) is 2.33. The average Bonchev–Trinajstić information content (AvgIpc) is 2.26. The Morgan fingerprint density at radius 1 is 1.38 bits per heavy atom. The molecule has 3 nitrogen and oxygen atoms in total. The number of aromatic nitrogens is 1. The highest BCUT2D eigenvalue weighted by Crippen LogP contribution is 2.26. The second kappa shape index (κ2) is 4.80. The molecule has 1 aromatic heterocycles. The van der Waals surface area contributed by atoms with Gasteiger partial charge in [0.2, 0.25) is 0 Å². The molecule has 2 rings (SSSR count). The summed E-state index contributed by atoms with van der Waals surface area (Å²) in [6, 6.07) is 8.13. The summed E-state index contributed by atoms with van der Waals surface area (Å²) in [5, 5.41) is 4.44. The number of pyridine rings is 1. The highest BCUT2D eigenvalue weighted by molar-refractivity contribution is 9.10. The first-order valence-corrected chi connectivity index (χ1v) is 6.01. The van der Waals surface area contributed by atoms with Gasteiger partial charge < -0.3 is 11.1 Å². The van der Waals surface area contributed by atoms with Crippen LogP contribution in [0.3, 0.4) is 0 Å². The third-order valence-electron chi connectivity index (χ3n) is 2.36. The maximum atomic E-state index is 5.50. The van der Waals surface area contributed by atoms with Crippen molar-refractivity contribution in [2.24, 2.45) is 5.73 Å². The lowest BCUT2D eigenvalue weighted by Gasteiger charge is -2.10. The van der Waals surface area contributed by atoms with Crippen molar-refractivity contribution in [2.75, 3.05) is 18.4 Å². The number of nitrogens with two attached hydrogens (primary N) is 1. The highest BCUT2D eigenvalue weighted by Gasteiger charge is 2.03. The van der Waals surface area contributed by atoms with Gasteiger partial charge >= 0.3 is 0 Å². The standard InChI is InChI=1S/C12H14BrN3/c1-8-6-12(15-5-4-14)10-7-9(13)2-3-11(10)16-8/h2-3,6-7H,4-5,14H2,1H3,(H,15,16). The van der Waals surface area contributed by atoms with Crippen molar-refractivity contribution in [3.8, 4) is 0 Å². The molecule has 0 aliphatic carbocycles. The summed E-state index contributed by atoms with van der Waals surface area (Å²) in [6.07, 6.45) is 0. The van der Waals surface area contributed by atoms with Gasteiger partial charge in [0.05, 0.1) is 5.52 Å². The SMILES string of the molecule is Cc1cc(NCCN)c2cc(Br)ccc2n1. The van der Waals surface area contributed by atoms with Gasteiger partial charge in [0, 0.05) is 34.3 Å². The smallest absolute Gasteiger partial charge is 0.0726 e. The Labute approximate surface area is 103 Å². The highest BCUT2D eigenvalue weighted by atomic mass is 79.9. The van der Waals surface area contributed by atoms with E-state index in [-0.39, 0.29) is 0 Å². The fourth-order valence-corrected chi connectivity index (χ4v) is 2.04. The predicted octanol–water partition coefficient (Wildman–Crippen LogP) is 2.68. The molecule has 0 aliphatic rings. The quantitative estimate of drug-likeness (QED) is 0.908. The molecule has 84 valence electrons. The van der Waals surface area contributed by atoms with E-state index in [2.05, 4.69) is 32.3 Å². The number of nitrogens with zero attached hydrogens (tertiary/aromatic N) is 1. The van der Waals surface area contributed by atoms with Gasteiger partial charge in [-0.25, -0.2) is 0 Å². The molecule has 0 unspecified atom stereocenters. The van der Waals surface area contributed by atoms with Crippen molar-refractivity contribution in [3.05, 3.63) is 34.4 Å². The summed E-state index contributed by atoms with van der Waals surface area (Å²) >= 11 is 3.47. The molecule has 3 N–H and O–H groups in total. The van der Waals surface area contributed by atoms with Crippen LogP contribution in [0.1, 0.15) is 5.69 Å². The fourth-order valence-electron chi connectivity index (χ4n) is 1.68. The Balaban J connectivity index is 2.55. The maximum absolute atomic E-state index is 5.50. The number of hydrogen-bond donors (Lipinski definition) is 2. The average molecular weight is 280 g/mol. The summed E-state index contributed by atoms with van der Waals surface area (Å²) in [7, 11) is 0. The molecular weight excluding hydrogens is 266 g/mol. The van der Waals surface area contributed by atoms with Gasteiger partial charge in [-0.15, -0.1) is 0 Å². The van der Waals surface area contributed by atoms with Gasteiger partial charge in [-0.3, -0.25) is 4.98 Å². The number of hydrogen-bond acceptors (Lipinski definition) is 3. The lowest BCUT2D eigenvalue weighted by molar-refractivity contribution is 1.02. The summed E-state index contributed by atoms with van der Waals surface area (Å²) in [4.78, 5) is 4.49. The van der Waals surface area contributed by atoms with Gasteiger partial charge in [0.1, 0.15) is 0 Å². The minimum Gasteiger partial charge on any atom is -0.383 e. The number of benzene rings is 1. The number of halogens is 1. The van der Waals surface area contributed by atoms with Gasteiger partial charge in [0.25, 0.3) is 0 Å². The summed E-state index contributed by atoms with van der Waals surface area (Å²) in [6.45, 7) is 3.39. The van der Waals surface area contributed by atoms with Crippen molar-refractivity contribution < 1.29 is 0 Å². The summed E-state index contributed by atoms with van der Waals surface area (Å²) < 4.78 is 1.06. The van der Waals surface area contributed by atoms with Crippen molar-refractivity contribution in [2.45, 2.75) is 6.92 Å². The van der Waals surface area contributed by atoms with E-state index in [1.54, 1.807) is 0 Å². The molecule has 0 amide bonds. The van der Waals surface area contributed by atoms with Gasteiger partial charge in [0.15, 0.2) is 0 Å². The van der Waals surface area contributed by atoms with E-state index < -0.39 is 0 Å². The van der Waals surface area contributed by atoms with Crippen LogP contribution in [0, 0.1) is 6.92 Å². The number of rotatable bonds is 3. The topological polar surface area (TPSA) is 50.9 Å². The van der Waals surface area contributed by atoms with Crippen LogP contribution in [0.15, 0.2) is 28.7 Å². The molecule has 1 heterocycles. The monoisotopic (exact) mass is 279 g/mol. The van der Waals surface area contributed by atoms with Gasteiger partial charge in [-0.2, -0.15) is 0 Å². The Morgan fingerprint density at radius 3 is 2.94 bits per heavy atom. The lowest BCUT2D eigenvalue weighted by Crippen LogP contribution is -2.13. The molecule has 0 radical (unpaired) electrons. The second-order valence-corrected chi connectivity index (χ2v) is 4.60. The van der Waals surface area contributed by atoms with Crippen LogP contribution >= 0.6 is 15.9 Å². The zero-order valence-corrected chi connectivity index (χ0v) is 10.7. The van der Waals surface area contributed by atoms with E-state index >= 15 is 0 Å². The predicted molar refractivity (Wildman–Crippen MR) is 71.7 cm³/mol. The number of fused-ring (bicyclic) bond motifs is 1. The minimum atomic E-state index is 0.622. The van der Waals surface area contributed by atoms with Crippen LogP contribution in [-0.2, 0) is 0 Å². The van der Waals surface area contributed by atoms with E-state index in [1.165, 1.54) is 0 Å². The summed E-state index contributed by atoms with van der Waals surface area (Å²) in [5.41, 5.74) is 8.60. The molecule has 4 heteroatoms. The third-order valence-corrected chi connectivity index (χ3v) is 2.85. The Hall–Kier alpha value is -1.13. The summed E-state index contributed by atoms with van der Waals surface area (Å²) in [5.74, 6) is 0. The first-order valence-electron chi connectivity index (χ1n) is 5.21. The van der Waals surface area contributed by atoms with E-state index in [0.717, 1.165) is 33.3 Å². The van der Waals surface area contributed by atoms with Crippen molar-refractivity contribution in [1.29, 1.82) is 0 Å². The van der Waals surface area contributed by atoms with Crippen LogP contribution in [0.2, 0.25) is 0 Å². The molecule has 0 saturated carbocycles. The second-order valence-electron chi connectivity index (χ2n) is 3.69. The van der Waals surface area contributed by atoms with E-state index in [9.17, 15) is 0 Å². The Kier molecular flexibility index (Phi) is 3.41. The van der Waals surface area contributed by atoms with Crippen molar-refractivity contribution in [3.63, 3.8) is 0 Å². The Bertz CT molecular complexity index is 511. The van der Waals surface area contributed by atoms with Gasteiger partial charge in [-0.1, -0.05) is 15.9 Å². The normalized spacial score (nSPS) is 10.7. The number of aryl methyl sites for hydroxylation is 1. The molecule has 16 heavy (non-hydrogen) atoms. The minimum absolute atomic E-state index is 0.622. The van der Waals surface area contributed by atoms with E-state index in [1.807, 2.05) is 25.1 Å². The lowest BCUT2D eigenvalue weighted by atomic mass is 10.1.